The third-order valence-electron chi connectivity index (χ3n) is 2.43. The summed E-state index contributed by atoms with van der Waals surface area (Å²) in [4.78, 5) is 3.24. The van der Waals surface area contributed by atoms with Crippen LogP contribution in [0.4, 0.5) is 0 Å². The number of quaternary nitrogens is 1. The number of aromatic amines is 1. The standard InChI is InChI=1S/C11H14N2O/c1-14-10-4-2-3-9-8(5-6-12)7-13-11(9)10/h2-4,7,13H,5-6,12H2,1H3/p+1. The van der Waals surface area contributed by atoms with Crippen molar-refractivity contribution in [1.29, 1.82) is 0 Å². The molecular weight excluding hydrogens is 176 g/mol. The van der Waals surface area contributed by atoms with E-state index in [-0.39, 0.29) is 0 Å². The van der Waals surface area contributed by atoms with Gasteiger partial charge in [-0.1, -0.05) is 12.1 Å². The summed E-state index contributed by atoms with van der Waals surface area (Å²) in [5.41, 5.74) is 6.26. The Hall–Kier alpha value is -1.48. The van der Waals surface area contributed by atoms with Crippen LogP contribution < -0.4 is 10.5 Å². The fourth-order valence-electron chi connectivity index (χ4n) is 1.75. The second kappa shape index (κ2) is 3.72. The lowest BCUT2D eigenvalue weighted by Gasteiger charge is -2.01. The lowest BCUT2D eigenvalue weighted by molar-refractivity contribution is -0.366. The maximum atomic E-state index is 5.27. The molecule has 0 aliphatic carbocycles. The molecule has 0 aliphatic heterocycles. The van der Waals surface area contributed by atoms with Gasteiger partial charge in [0.15, 0.2) is 0 Å². The highest BCUT2D eigenvalue weighted by Gasteiger charge is 2.06. The van der Waals surface area contributed by atoms with Crippen molar-refractivity contribution >= 4 is 10.9 Å². The molecule has 0 fully saturated rings. The lowest BCUT2D eigenvalue weighted by Crippen LogP contribution is -2.51. The molecule has 2 rings (SSSR count). The largest absolute Gasteiger partial charge is 0.495 e. The molecule has 0 bridgehead atoms. The van der Waals surface area contributed by atoms with E-state index in [2.05, 4.69) is 16.8 Å². The van der Waals surface area contributed by atoms with E-state index in [1.54, 1.807) is 7.11 Å². The Morgan fingerprint density at radius 3 is 3.00 bits per heavy atom. The number of methoxy groups -OCH3 is 1. The SMILES string of the molecule is COc1cccc2c(CC[NH3+])c[nH]c12. The number of ether oxygens (including phenoxy) is 1. The predicted molar refractivity (Wildman–Crippen MR) is 56.3 cm³/mol. The molecule has 3 nitrogen and oxygen atoms in total. The average molecular weight is 191 g/mol. The second-order valence-electron chi connectivity index (χ2n) is 3.30. The van der Waals surface area contributed by atoms with Gasteiger partial charge in [0.05, 0.1) is 19.2 Å². The maximum Gasteiger partial charge on any atom is 0.142 e. The molecule has 0 saturated heterocycles. The molecule has 1 aromatic heterocycles. The Morgan fingerprint density at radius 1 is 1.43 bits per heavy atom. The summed E-state index contributed by atoms with van der Waals surface area (Å²) in [6.07, 6.45) is 3.05. The van der Waals surface area contributed by atoms with Crippen LogP contribution in [0.5, 0.6) is 5.75 Å². The first-order chi connectivity index (χ1) is 6.86. The first-order valence-corrected chi connectivity index (χ1v) is 4.79. The van der Waals surface area contributed by atoms with E-state index >= 15 is 0 Å². The summed E-state index contributed by atoms with van der Waals surface area (Å²) in [5, 5.41) is 1.24. The molecule has 0 spiro atoms. The minimum atomic E-state index is 0.901. The summed E-state index contributed by atoms with van der Waals surface area (Å²) >= 11 is 0. The first-order valence-electron chi connectivity index (χ1n) is 4.79. The molecule has 2 aromatic rings. The van der Waals surface area contributed by atoms with Crippen molar-refractivity contribution in [3.8, 4) is 5.75 Å². The zero-order chi connectivity index (χ0) is 9.97. The molecule has 4 N–H and O–H groups in total. The Balaban J connectivity index is 2.57. The minimum Gasteiger partial charge on any atom is -0.495 e. The van der Waals surface area contributed by atoms with Crippen LogP contribution in [0.25, 0.3) is 10.9 Å². The highest BCUT2D eigenvalue weighted by atomic mass is 16.5. The van der Waals surface area contributed by atoms with E-state index in [1.807, 2.05) is 18.3 Å². The number of para-hydroxylation sites is 1. The smallest absolute Gasteiger partial charge is 0.142 e. The van der Waals surface area contributed by atoms with Crippen LogP contribution in [0.3, 0.4) is 0 Å². The van der Waals surface area contributed by atoms with Crippen molar-refractivity contribution < 1.29 is 10.5 Å². The quantitative estimate of drug-likeness (QED) is 0.746. The third-order valence-corrected chi connectivity index (χ3v) is 2.43. The van der Waals surface area contributed by atoms with Crippen LogP contribution in [0.1, 0.15) is 5.56 Å². The molecule has 1 heterocycles. The summed E-state index contributed by atoms with van der Waals surface area (Å²) in [5.74, 6) is 0.901. The number of aromatic nitrogens is 1. The summed E-state index contributed by atoms with van der Waals surface area (Å²) in [6.45, 7) is 0.921. The Morgan fingerprint density at radius 2 is 2.29 bits per heavy atom. The van der Waals surface area contributed by atoms with E-state index in [4.69, 9.17) is 4.74 Å². The van der Waals surface area contributed by atoms with E-state index in [0.29, 0.717) is 0 Å². The van der Waals surface area contributed by atoms with E-state index < -0.39 is 0 Å². The zero-order valence-corrected chi connectivity index (χ0v) is 8.34. The average Bonchev–Trinajstić information content (AvgIpc) is 2.62. The number of rotatable bonds is 3. The van der Waals surface area contributed by atoms with Gasteiger partial charge >= 0.3 is 0 Å². The predicted octanol–water partition coefficient (Wildman–Crippen LogP) is 0.961. The molecule has 0 radical (unpaired) electrons. The van der Waals surface area contributed by atoms with Gasteiger partial charge in [0.1, 0.15) is 5.75 Å². The topological polar surface area (TPSA) is 52.7 Å². The van der Waals surface area contributed by atoms with E-state index in [0.717, 1.165) is 24.2 Å². The van der Waals surface area contributed by atoms with Gasteiger partial charge in [0.25, 0.3) is 0 Å². The molecule has 0 saturated carbocycles. The Labute approximate surface area is 82.9 Å². The van der Waals surface area contributed by atoms with Crippen molar-refractivity contribution in [1.82, 2.24) is 4.98 Å². The molecule has 0 aliphatic rings. The van der Waals surface area contributed by atoms with Gasteiger partial charge in [-0.15, -0.1) is 0 Å². The molecule has 0 atom stereocenters. The van der Waals surface area contributed by atoms with Crippen molar-refractivity contribution in [3.63, 3.8) is 0 Å². The van der Waals surface area contributed by atoms with Gasteiger partial charge in [-0.05, 0) is 11.6 Å². The van der Waals surface area contributed by atoms with Gasteiger partial charge in [-0.2, -0.15) is 0 Å². The number of hydrogen-bond donors (Lipinski definition) is 2. The highest BCUT2D eigenvalue weighted by molar-refractivity contribution is 5.88. The number of benzene rings is 1. The van der Waals surface area contributed by atoms with Crippen molar-refractivity contribution in [3.05, 3.63) is 30.0 Å². The molecule has 0 amide bonds. The number of nitrogens with one attached hydrogen (secondary N) is 1. The van der Waals surface area contributed by atoms with Crippen LogP contribution in [-0.4, -0.2) is 18.6 Å². The lowest BCUT2D eigenvalue weighted by atomic mass is 10.1. The molecule has 3 heteroatoms. The number of hydrogen-bond acceptors (Lipinski definition) is 1. The van der Waals surface area contributed by atoms with Gasteiger partial charge in [0.2, 0.25) is 0 Å². The van der Waals surface area contributed by atoms with Crippen molar-refractivity contribution in [2.45, 2.75) is 6.42 Å². The summed E-state index contributed by atoms with van der Waals surface area (Å²) in [6, 6.07) is 6.09. The van der Waals surface area contributed by atoms with E-state index in [1.165, 1.54) is 10.9 Å². The van der Waals surface area contributed by atoms with Crippen LogP contribution in [0.2, 0.25) is 0 Å². The van der Waals surface area contributed by atoms with Gasteiger partial charge in [0, 0.05) is 18.0 Å². The molecule has 14 heavy (non-hydrogen) atoms. The normalized spacial score (nSPS) is 10.7. The van der Waals surface area contributed by atoms with E-state index in [9.17, 15) is 0 Å². The molecule has 1 aromatic carbocycles. The Kier molecular flexibility index (Phi) is 2.41. The van der Waals surface area contributed by atoms with Crippen molar-refractivity contribution in [2.75, 3.05) is 13.7 Å². The first kappa shape index (κ1) is 9.09. The third kappa shape index (κ3) is 1.36. The molecule has 74 valence electrons. The van der Waals surface area contributed by atoms with Crippen LogP contribution >= 0.6 is 0 Å². The van der Waals surface area contributed by atoms with Crippen molar-refractivity contribution in [2.24, 2.45) is 0 Å². The molecule has 0 unspecified atom stereocenters. The van der Waals surface area contributed by atoms with Gasteiger partial charge in [-0.3, -0.25) is 0 Å². The maximum absolute atomic E-state index is 5.27. The van der Waals surface area contributed by atoms with Crippen LogP contribution in [0.15, 0.2) is 24.4 Å². The van der Waals surface area contributed by atoms with Crippen LogP contribution in [0, 0.1) is 0 Å². The Bertz CT molecular complexity index is 434. The monoisotopic (exact) mass is 191 g/mol. The van der Waals surface area contributed by atoms with Gasteiger partial charge < -0.3 is 15.5 Å². The van der Waals surface area contributed by atoms with Crippen LogP contribution in [-0.2, 0) is 6.42 Å². The number of fused-ring (bicyclic) bond motifs is 1. The molecular formula is C11H15N2O+. The zero-order valence-electron chi connectivity index (χ0n) is 8.34. The number of H-pyrrole nitrogens is 1. The minimum absolute atomic E-state index is 0.901. The fraction of sp³-hybridized carbons (Fsp3) is 0.273. The second-order valence-corrected chi connectivity index (χ2v) is 3.30. The highest BCUT2D eigenvalue weighted by Crippen LogP contribution is 2.26. The fourth-order valence-corrected chi connectivity index (χ4v) is 1.75. The summed E-state index contributed by atoms with van der Waals surface area (Å²) in [7, 11) is 1.69. The van der Waals surface area contributed by atoms with Gasteiger partial charge in [-0.25, -0.2) is 0 Å². The summed E-state index contributed by atoms with van der Waals surface area (Å²) < 4.78 is 5.27.